The van der Waals surface area contributed by atoms with Crippen LogP contribution < -0.4 is 0 Å². The van der Waals surface area contributed by atoms with Crippen LogP contribution in [0.3, 0.4) is 0 Å². The van der Waals surface area contributed by atoms with E-state index in [2.05, 4.69) is 15.1 Å². The second kappa shape index (κ2) is 6.00. The largest absolute Gasteiger partial charge is 0.477 e. The number of aromatic nitrogens is 4. The molecule has 0 aliphatic heterocycles. The van der Waals surface area contributed by atoms with Crippen LogP contribution in [0.15, 0.2) is 24.8 Å². The van der Waals surface area contributed by atoms with Gasteiger partial charge in [-0.2, -0.15) is 5.10 Å². The number of carbonyl (C=O) groups is 1. The van der Waals surface area contributed by atoms with Gasteiger partial charge in [-0.05, 0) is 18.2 Å². The lowest BCUT2D eigenvalue weighted by molar-refractivity contribution is 0.0690. The van der Waals surface area contributed by atoms with Gasteiger partial charge >= 0.3 is 5.97 Å². The molecule has 0 radical (unpaired) electrons. The summed E-state index contributed by atoms with van der Waals surface area (Å²) >= 11 is 0. The lowest BCUT2D eigenvalue weighted by Gasteiger charge is -1.97. The minimum atomic E-state index is -2.47. The molecule has 2 rings (SSSR count). The van der Waals surface area contributed by atoms with E-state index >= 15 is 0 Å². The molecule has 0 saturated heterocycles. The molecule has 0 aliphatic rings. The fraction of sp³-hybridized carbons (Fsp3) is 0.167. The van der Waals surface area contributed by atoms with Crippen molar-refractivity contribution in [2.24, 2.45) is 0 Å². The molecule has 0 unspecified atom stereocenters. The van der Waals surface area contributed by atoms with Crippen molar-refractivity contribution in [1.29, 1.82) is 0 Å². The summed E-state index contributed by atoms with van der Waals surface area (Å²) in [5.41, 5.74) is 0.896. The van der Waals surface area contributed by atoms with Crippen LogP contribution in [0.4, 0.5) is 8.78 Å². The van der Waals surface area contributed by atoms with Crippen LogP contribution in [-0.2, 0) is 6.54 Å². The molecule has 6 nitrogen and oxygen atoms in total. The van der Waals surface area contributed by atoms with Gasteiger partial charge in [0.1, 0.15) is 12.9 Å². The molecule has 0 aromatic carbocycles. The van der Waals surface area contributed by atoms with Gasteiger partial charge < -0.3 is 5.11 Å². The number of alkyl halides is 2. The topological polar surface area (TPSA) is 80.9 Å². The van der Waals surface area contributed by atoms with Gasteiger partial charge in [0.25, 0.3) is 6.43 Å². The first kappa shape index (κ1) is 13.8. The Morgan fingerprint density at radius 1 is 1.40 bits per heavy atom. The first-order chi connectivity index (χ1) is 9.54. The maximum absolute atomic E-state index is 12.1. The Morgan fingerprint density at radius 2 is 2.20 bits per heavy atom. The number of carboxylic acids is 1. The third-order valence-corrected chi connectivity index (χ3v) is 2.33. The van der Waals surface area contributed by atoms with E-state index < -0.39 is 18.9 Å². The monoisotopic (exact) mass is 280 g/mol. The molecule has 0 amide bonds. The number of halogens is 2. The Balaban J connectivity index is 2.11. The Kier molecular flexibility index (Phi) is 4.14. The zero-order valence-electron chi connectivity index (χ0n) is 10.1. The van der Waals surface area contributed by atoms with Crippen molar-refractivity contribution in [3.05, 3.63) is 41.7 Å². The normalized spacial score (nSPS) is 11.3. The highest BCUT2D eigenvalue weighted by Gasteiger charge is 2.05. The van der Waals surface area contributed by atoms with E-state index in [1.54, 1.807) is 12.2 Å². The van der Waals surface area contributed by atoms with Gasteiger partial charge in [0.15, 0.2) is 5.69 Å². The van der Waals surface area contributed by atoms with Crippen molar-refractivity contribution in [3.63, 3.8) is 0 Å². The first-order valence-corrected chi connectivity index (χ1v) is 5.58. The molecule has 2 aromatic rings. The number of hydrogen-bond acceptors (Lipinski definition) is 4. The van der Waals surface area contributed by atoms with Crippen LogP contribution in [-0.4, -0.2) is 37.2 Å². The molecule has 104 valence electrons. The van der Waals surface area contributed by atoms with Gasteiger partial charge in [0, 0.05) is 11.8 Å². The molecule has 8 heteroatoms. The molecular weight excluding hydrogens is 270 g/mol. The number of hydrogen-bond donors (Lipinski definition) is 1. The van der Waals surface area contributed by atoms with Crippen molar-refractivity contribution in [2.45, 2.75) is 13.0 Å². The predicted octanol–water partition coefficient (Wildman–Crippen LogP) is 1.81. The first-order valence-electron chi connectivity index (χ1n) is 5.58. The van der Waals surface area contributed by atoms with Crippen LogP contribution in [0.2, 0.25) is 0 Å². The summed E-state index contributed by atoms with van der Waals surface area (Å²) in [6.45, 7) is -0.468. The van der Waals surface area contributed by atoms with Crippen LogP contribution in [0, 0.1) is 0 Å². The zero-order valence-corrected chi connectivity index (χ0v) is 10.1. The summed E-state index contributed by atoms with van der Waals surface area (Å²) in [7, 11) is 0. The van der Waals surface area contributed by atoms with E-state index in [4.69, 9.17) is 5.11 Å². The Morgan fingerprint density at radius 3 is 2.90 bits per heavy atom. The molecule has 0 bridgehead atoms. The lowest BCUT2D eigenvalue weighted by atomic mass is 10.2. The number of aromatic carboxylic acids is 1. The summed E-state index contributed by atoms with van der Waals surface area (Å²) in [5, 5.41) is 12.6. The molecule has 20 heavy (non-hydrogen) atoms. The van der Waals surface area contributed by atoms with E-state index in [-0.39, 0.29) is 5.69 Å². The molecular formula is C12H10F2N4O2. The highest BCUT2D eigenvalue weighted by Crippen LogP contribution is 2.07. The minimum Gasteiger partial charge on any atom is -0.477 e. The standard InChI is InChI=1S/C12H10F2N4O2/c13-11(14)6-18-5-8(4-17-18)1-2-9-3-10(12(19)20)16-7-15-9/h1-5,7,11H,6H2,(H,19,20). The van der Waals surface area contributed by atoms with Gasteiger partial charge in [0.05, 0.1) is 11.9 Å². The van der Waals surface area contributed by atoms with Crippen LogP contribution in [0.5, 0.6) is 0 Å². The Hall–Kier alpha value is -2.64. The van der Waals surface area contributed by atoms with Crippen LogP contribution >= 0.6 is 0 Å². The van der Waals surface area contributed by atoms with Crippen molar-refractivity contribution in [2.75, 3.05) is 0 Å². The average Bonchev–Trinajstić information content (AvgIpc) is 2.83. The minimum absolute atomic E-state index is 0.118. The maximum atomic E-state index is 12.1. The molecule has 2 heterocycles. The molecule has 0 aliphatic carbocycles. The highest BCUT2D eigenvalue weighted by molar-refractivity contribution is 5.86. The Labute approximate surface area is 112 Å². The van der Waals surface area contributed by atoms with E-state index in [1.807, 2.05) is 0 Å². The van der Waals surface area contributed by atoms with Crippen molar-refractivity contribution < 1.29 is 18.7 Å². The average molecular weight is 280 g/mol. The molecule has 2 aromatic heterocycles. The van der Waals surface area contributed by atoms with Crippen LogP contribution in [0.1, 0.15) is 21.7 Å². The van der Waals surface area contributed by atoms with Gasteiger partial charge in [-0.1, -0.05) is 0 Å². The summed E-state index contributed by atoms with van der Waals surface area (Å²) in [6.07, 6.45) is 4.72. The lowest BCUT2D eigenvalue weighted by Crippen LogP contribution is -2.06. The van der Waals surface area contributed by atoms with Gasteiger partial charge in [-0.15, -0.1) is 0 Å². The quantitative estimate of drug-likeness (QED) is 0.903. The fourth-order valence-electron chi connectivity index (χ4n) is 1.47. The molecule has 0 fully saturated rings. The van der Waals surface area contributed by atoms with Crippen LogP contribution in [0.25, 0.3) is 12.2 Å². The van der Waals surface area contributed by atoms with Crippen molar-refractivity contribution in [1.82, 2.24) is 19.7 Å². The Bertz CT molecular complexity index is 640. The maximum Gasteiger partial charge on any atom is 0.354 e. The number of nitrogens with zero attached hydrogens (tertiary/aromatic N) is 4. The second-order valence-electron chi connectivity index (χ2n) is 3.85. The molecule has 0 atom stereocenters. The summed E-state index contributed by atoms with van der Waals surface area (Å²) in [6, 6.07) is 1.31. The van der Waals surface area contributed by atoms with Crippen molar-refractivity contribution >= 4 is 18.1 Å². The fourth-order valence-corrected chi connectivity index (χ4v) is 1.47. The summed E-state index contributed by atoms with van der Waals surface area (Å²) in [5.74, 6) is -1.15. The van der Waals surface area contributed by atoms with E-state index in [0.29, 0.717) is 11.3 Å². The highest BCUT2D eigenvalue weighted by atomic mass is 19.3. The third-order valence-electron chi connectivity index (χ3n) is 2.33. The van der Waals surface area contributed by atoms with Gasteiger partial charge in [-0.25, -0.2) is 23.5 Å². The summed E-state index contributed by atoms with van der Waals surface area (Å²) in [4.78, 5) is 18.2. The number of rotatable bonds is 5. The van der Waals surface area contributed by atoms with Gasteiger partial charge in [0.2, 0.25) is 0 Å². The van der Waals surface area contributed by atoms with E-state index in [9.17, 15) is 13.6 Å². The summed E-state index contributed by atoms with van der Waals surface area (Å²) < 4.78 is 25.4. The van der Waals surface area contributed by atoms with Gasteiger partial charge in [-0.3, -0.25) is 4.68 Å². The molecule has 0 spiro atoms. The smallest absolute Gasteiger partial charge is 0.354 e. The zero-order chi connectivity index (χ0) is 14.5. The third kappa shape index (κ3) is 3.67. The predicted molar refractivity (Wildman–Crippen MR) is 66.2 cm³/mol. The number of carboxylic acid groups (broad SMARTS) is 1. The SMILES string of the molecule is O=C(O)c1cc(C=Cc2cnn(CC(F)F)c2)ncn1. The van der Waals surface area contributed by atoms with E-state index in [0.717, 1.165) is 11.0 Å². The second-order valence-corrected chi connectivity index (χ2v) is 3.85. The van der Waals surface area contributed by atoms with Crippen molar-refractivity contribution in [3.8, 4) is 0 Å². The van der Waals surface area contributed by atoms with E-state index in [1.165, 1.54) is 18.5 Å². The molecule has 1 N–H and O–H groups in total. The molecule has 0 saturated carbocycles.